The lowest BCUT2D eigenvalue weighted by Crippen LogP contribution is -2.31. The van der Waals surface area contributed by atoms with Crippen molar-refractivity contribution in [2.75, 3.05) is 18.5 Å². The van der Waals surface area contributed by atoms with Gasteiger partial charge in [-0.2, -0.15) is 0 Å². The predicted octanol–water partition coefficient (Wildman–Crippen LogP) is 3.97. The third-order valence-electron chi connectivity index (χ3n) is 3.55. The van der Waals surface area contributed by atoms with Crippen LogP contribution >= 0.6 is 11.6 Å². The Morgan fingerprint density at radius 3 is 2.67 bits per heavy atom. The van der Waals surface area contributed by atoms with E-state index in [1.54, 1.807) is 50.2 Å². The highest BCUT2D eigenvalue weighted by Gasteiger charge is 2.25. The van der Waals surface area contributed by atoms with Gasteiger partial charge in [0.05, 0.1) is 11.5 Å². The molecule has 0 amide bonds. The second-order valence-corrected chi connectivity index (χ2v) is 5.89. The van der Waals surface area contributed by atoms with Gasteiger partial charge in [-0.3, -0.25) is 10.1 Å². The van der Waals surface area contributed by atoms with Gasteiger partial charge >= 0.3 is 5.69 Å². The molecule has 2 rings (SSSR count). The third-order valence-corrected chi connectivity index (χ3v) is 3.88. The summed E-state index contributed by atoms with van der Waals surface area (Å²) >= 11 is 6.13. The van der Waals surface area contributed by atoms with E-state index in [9.17, 15) is 15.2 Å². The van der Waals surface area contributed by atoms with Crippen molar-refractivity contribution in [3.8, 4) is 5.75 Å². The number of hydrogen-bond donors (Lipinski definition) is 2. The Balaban J connectivity index is 2.18. The molecule has 1 unspecified atom stereocenters. The van der Waals surface area contributed by atoms with E-state index < -0.39 is 10.5 Å². The topological polar surface area (TPSA) is 84.6 Å². The maximum absolute atomic E-state index is 11.0. The molecule has 2 N–H and O–H groups in total. The van der Waals surface area contributed by atoms with Crippen molar-refractivity contribution in [1.29, 1.82) is 0 Å². The molecule has 0 aliphatic carbocycles. The molecule has 2 aromatic rings. The number of aliphatic hydroxyl groups is 1. The number of nitrogens with one attached hydrogen (secondary N) is 1. The number of nitro groups is 1. The fourth-order valence-corrected chi connectivity index (χ4v) is 2.65. The molecule has 0 aromatic heterocycles. The summed E-state index contributed by atoms with van der Waals surface area (Å²) < 4.78 is 5.31. The lowest BCUT2D eigenvalue weighted by atomic mass is 9.96. The van der Waals surface area contributed by atoms with Crippen molar-refractivity contribution in [3.05, 3.63) is 63.2 Å². The van der Waals surface area contributed by atoms with Gasteiger partial charge in [0.25, 0.3) is 0 Å². The average Bonchev–Trinajstić information content (AvgIpc) is 2.53. The van der Waals surface area contributed by atoms with Gasteiger partial charge in [0, 0.05) is 35.0 Å². The highest BCUT2D eigenvalue weighted by molar-refractivity contribution is 6.31. The number of nitrogens with zero attached hydrogens (tertiary/aromatic N) is 1. The zero-order valence-electron chi connectivity index (χ0n) is 13.5. The second kappa shape index (κ2) is 7.51. The molecule has 0 spiro atoms. The molecule has 0 heterocycles. The Morgan fingerprint density at radius 2 is 2.04 bits per heavy atom. The van der Waals surface area contributed by atoms with Crippen LogP contribution < -0.4 is 10.1 Å². The van der Waals surface area contributed by atoms with Crippen LogP contribution in [0.15, 0.2) is 42.5 Å². The molecular formula is C17H19ClN2O4. The standard InChI is InChI=1S/C17H19ClN2O4/c1-3-24-16-10-12(8-9-15(16)20(22)23)19-11-17(2,21)13-6-4-5-7-14(13)18/h4-10,19,21H,3,11H2,1-2H3. The zero-order chi connectivity index (χ0) is 17.7. The molecule has 128 valence electrons. The SMILES string of the molecule is CCOc1cc(NCC(C)(O)c2ccccc2Cl)ccc1[N+](=O)[O-]. The minimum atomic E-state index is -1.20. The van der Waals surface area contributed by atoms with Crippen LogP contribution in [0.1, 0.15) is 19.4 Å². The monoisotopic (exact) mass is 350 g/mol. The molecule has 6 nitrogen and oxygen atoms in total. The van der Waals surface area contributed by atoms with E-state index in [2.05, 4.69) is 5.32 Å². The van der Waals surface area contributed by atoms with Crippen LogP contribution in [-0.4, -0.2) is 23.2 Å². The van der Waals surface area contributed by atoms with Crippen LogP contribution in [-0.2, 0) is 5.60 Å². The van der Waals surface area contributed by atoms with Gasteiger partial charge in [-0.25, -0.2) is 0 Å². The summed E-state index contributed by atoms with van der Waals surface area (Å²) in [7, 11) is 0. The largest absolute Gasteiger partial charge is 0.487 e. The van der Waals surface area contributed by atoms with Gasteiger partial charge in [-0.05, 0) is 26.0 Å². The van der Waals surface area contributed by atoms with Crippen molar-refractivity contribution in [3.63, 3.8) is 0 Å². The van der Waals surface area contributed by atoms with E-state index in [0.717, 1.165) is 0 Å². The maximum atomic E-state index is 11.0. The molecule has 0 fully saturated rings. The second-order valence-electron chi connectivity index (χ2n) is 5.48. The molecule has 1 atom stereocenters. The van der Waals surface area contributed by atoms with Crippen LogP contribution in [0.25, 0.3) is 0 Å². The maximum Gasteiger partial charge on any atom is 0.311 e. The molecule has 2 aromatic carbocycles. The van der Waals surface area contributed by atoms with E-state index in [1.807, 2.05) is 0 Å². The lowest BCUT2D eigenvalue weighted by molar-refractivity contribution is -0.385. The third kappa shape index (κ3) is 4.15. The number of nitro benzene ring substituents is 1. The quantitative estimate of drug-likeness (QED) is 0.583. The fourth-order valence-electron chi connectivity index (χ4n) is 2.31. The van der Waals surface area contributed by atoms with Crippen LogP contribution in [0, 0.1) is 10.1 Å². The van der Waals surface area contributed by atoms with Crippen LogP contribution in [0.4, 0.5) is 11.4 Å². The van der Waals surface area contributed by atoms with E-state index in [4.69, 9.17) is 16.3 Å². The molecule has 7 heteroatoms. The van der Waals surface area contributed by atoms with Crippen LogP contribution in [0.2, 0.25) is 5.02 Å². The summed E-state index contributed by atoms with van der Waals surface area (Å²) in [5.41, 5.74) is -0.0888. The first-order valence-electron chi connectivity index (χ1n) is 7.47. The molecule has 24 heavy (non-hydrogen) atoms. The van der Waals surface area contributed by atoms with Crippen molar-refractivity contribution >= 4 is 23.0 Å². The highest BCUT2D eigenvalue weighted by Crippen LogP contribution is 2.32. The Kier molecular flexibility index (Phi) is 5.64. The molecule has 0 saturated heterocycles. The lowest BCUT2D eigenvalue weighted by Gasteiger charge is -2.26. The Morgan fingerprint density at radius 1 is 1.33 bits per heavy atom. The number of rotatable bonds is 7. The molecular weight excluding hydrogens is 332 g/mol. The van der Waals surface area contributed by atoms with Crippen molar-refractivity contribution in [1.82, 2.24) is 0 Å². The van der Waals surface area contributed by atoms with E-state index in [0.29, 0.717) is 22.9 Å². The first-order chi connectivity index (χ1) is 11.3. The van der Waals surface area contributed by atoms with Crippen LogP contribution in [0.5, 0.6) is 5.75 Å². The smallest absolute Gasteiger partial charge is 0.311 e. The van der Waals surface area contributed by atoms with E-state index in [1.165, 1.54) is 6.07 Å². The molecule has 0 aliphatic rings. The van der Waals surface area contributed by atoms with Crippen molar-refractivity contribution in [2.24, 2.45) is 0 Å². The number of benzene rings is 2. The number of halogens is 1. The first-order valence-corrected chi connectivity index (χ1v) is 7.85. The number of hydrogen-bond acceptors (Lipinski definition) is 5. The average molecular weight is 351 g/mol. The molecule has 0 bridgehead atoms. The Hall–Kier alpha value is -2.31. The minimum Gasteiger partial charge on any atom is -0.487 e. The normalized spacial score (nSPS) is 13.2. The molecule has 0 radical (unpaired) electrons. The van der Waals surface area contributed by atoms with Gasteiger partial charge in [0.2, 0.25) is 0 Å². The molecule has 0 saturated carbocycles. The summed E-state index contributed by atoms with van der Waals surface area (Å²) in [6, 6.07) is 11.6. The summed E-state index contributed by atoms with van der Waals surface area (Å²) in [5.74, 6) is 0.185. The summed E-state index contributed by atoms with van der Waals surface area (Å²) in [6.45, 7) is 3.91. The zero-order valence-corrected chi connectivity index (χ0v) is 14.2. The number of ether oxygens (including phenoxy) is 1. The number of anilines is 1. The highest BCUT2D eigenvalue weighted by atomic mass is 35.5. The van der Waals surface area contributed by atoms with E-state index in [-0.39, 0.29) is 18.0 Å². The fraction of sp³-hybridized carbons (Fsp3) is 0.294. The van der Waals surface area contributed by atoms with Crippen molar-refractivity contribution in [2.45, 2.75) is 19.4 Å². The van der Waals surface area contributed by atoms with Gasteiger partial charge in [-0.1, -0.05) is 29.8 Å². The predicted molar refractivity (Wildman–Crippen MR) is 93.8 cm³/mol. The van der Waals surface area contributed by atoms with E-state index >= 15 is 0 Å². The van der Waals surface area contributed by atoms with Gasteiger partial charge in [-0.15, -0.1) is 0 Å². The first kappa shape index (κ1) is 18.0. The Labute approximate surface area is 145 Å². The molecule has 0 aliphatic heterocycles. The van der Waals surface area contributed by atoms with Gasteiger partial charge < -0.3 is 15.2 Å². The minimum absolute atomic E-state index is 0.0970. The summed E-state index contributed by atoms with van der Waals surface area (Å²) in [6.07, 6.45) is 0. The van der Waals surface area contributed by atoms with Gasteiger partial charge in [0.15, 0.2) is 5.75 Å². The Bertz CT molecular complexity index is 734. The van der Waals surface area contributed by atoms with Crippen molar-refractivity contribution < 1.29 is 14.8 Å². The van der Waals surface area contributed by atoms with Crippen LogP contribution in [0.3, 0.4) is 0 Å². The summed E-state index contributed by atoms with van der Waals surface area (Å²) in [4.78, 5) is 10.5. The van der Waals surface area contributed by atoms with Gasteiger partial charge in [0.1, 0.15) is 5.60 Å². The summed E-state index contributed by atoms with van der Waals surface area (Å²) in [5, 5.41) is 25.2.